The fourth-order valence-electron chi connectivity index (χ4n) is 3.62. The number of aromatic nitrogens is 1. The summed E-state index contributed by atoms with van der Waals surface area (Å²) in [6.07, 6.45) is 2.07. The molecule has 144 valence electrons. The van der Waals surface area contributed by atoms with Gasteiger partial charge in [-0.2, -0.15) is 0 Å². The highest BCUT2D eigenvalue weighted by Crippen LogP contribution is 2.32. The minimum absolute atomic E-state index is 0.000939. The van der Waals surface area contributed by atoms with Gasteiger partial charge in [-0.15, -0.1) is 0 Å². The van der Waals surface area contributed by atoms with Crippen molar-refractivity contribution < 1.29 is 14.3 Å². The molecule has 1 atom stereocenters. The zero-order valence-corrected chi connectivity index (χ0v) is 15.7. The number of rotatable bonds is 7. The molecule has 5 heteroatoms. The Labute approximate surface area is 165 Å². The summed E-state index contributed by atoms with van der Waals surface area (Å²) in [4.78, 5) is 14.8. The maximum absolute atomic E-state index is 12.9. The van der Waals surface area contributed by atoms with Gasteiger partial charge in [0, 0.05) is 25.0 Å². The number of amides is 1. The van der Waals surface area contributed by atoms with Crippen LogP contribution in [-0.4, -0.2) is 41.7 Å². The van der Waals surface area contributed by atoms with E-state index in [0.717, 1.165) is 23.6 Å². The number of carbonyl (C=O) groups is 1. The molecule has 2 aromatic carbocycles. The minimum Gasteiger partial charge on any atom is -0.491 e. The monoisotopic (exact) mass is 376 g/mol. The molecule has 28 heavy (non-hydrogen) atoms. The molecule has 1 aliphatic rings. The number of benzene rings is 2. The van der Waals surface area contributed by atoms with Crippen molar-refractivity contribution in [1.29, 1.82) is 0 Å². The number of ether oxygens (including phenoxy) is 2. The van der Waals surface area contributed by atoms with Crippen molar-refractivity contribution >= 4 is 5.91 Å². The van der Waals surface area contributed by atoms with Gasteiger partial charge in [0.05, 0.1) is 12.6 Å². The zero-order chi connectivity index (χ0) is 19.2. The molecule has 0 saturated carbocycles. The molecule has 0 saturated heterocycles. The van der Waals surface area contributed by atoms with Gasteiger partial charge in [-0.25, -0.2) is 0 Å². The lowest BCUT2D eigenvalue weighted by Crippen LogP contribution is -2.44. The summed E-state index contributed by atoms with van der Waals surface area (Å²) in [5.41, 5.74) is 2.25. The van der Waals surface area contributed by atoms with Crippen LogP contribution in [0.2, 0.25) is 0 Å². The molecular formula is C23H24N2O3. The highest BCUT2D eigenvalue weighted by Gasteiger charge is 2.31. The minimum atomic E-state index is -0.0818. The highest BCUT2D eigenvalue weighted by molar-refractivity contribution is 5.78. The highest BCUT2D eigenvalue weighted by atomic mass is 16.5. The first kappa shape index (κ1) is 18.3. The lowest BCUT2D eigenvalue weighted by atomic mass is 10.00. The molecule has 0 radical (unpaired) electrons. The van der Waals surface area contributed by atoms with Gasteiger partial charge < -0.3 is 18.9 Å². The van der Waals surface area contributed by atoms with E-state index in [1.165, 1.54) is 0 Å². The van der Waals surface area contributed by atoms with Gasteiger partial charge in [0.15, 0.2) is 0 Å². The topological polar surface area (TPSA) is 43.7 Å². The van der Waals surface area contributed by atoms with E-state index in [9.17, 15) is 4.79 Å². The molecule has 0 bridgehead atoms. The van der Waals surface area contributed by atoms with Crippen molar-refractivity contribution in [3.63, 3.8) is 0 Å². The first-order chi connectivity index (χ1) is 13.8. The lowest BCUT2D eigenvalue weighted by molar-refractivity contribution is -0.139. The quantitative estimate of drug-likeness (QED) is 0.593. The predicted octanol–water partition coefficient (Wildman–Crippen LogP) is 3.52. The van der Waals surface area contributed by atoms with Crippen molar-refractivity contribution in [2.75, 3.05) is 26.4 Å². The van der Waals surface area contributed by atoms with Gasteiger partial charge in [-0.05, 0) is 29.8 Å². The summed E-state index contributed by atoms with van der Waals surface area (Å²) in [7, 11) is 0. The summed E-state index contributed by atoms with van der Waals surface area (Å²) >= 11 is 0. The zero-order valence-electron chi connectivity index (χ0n) is 15.7. The van der Waals surface area contributed by atoms with Gasteiger partial charge in [-0.3, -0.25) is 4.79 Å². The first-order valence-electron chi connectivity index (χ1n) is 9.58. The molecule has 0 aliphatic carbocycles. The van der Waals surface area contributed by atoms with Crippen molar-refractivity contribution in [2.24, 2.45) is 0 Å². The van der Waals surface area contributed by atoms with E-state index < -0.39 is 0 Å². The molecule has 5 nitrogen and oxygen atoms in total. The lowest BCUT2D eigenvalue weighted by Gasteiger charge is -2.37. The molecule has 3 aromatic rings. The maximum Gasteiger partial charge on any atom is 0.249 e. The number of para-hydroxylation sites is 1. The van der Waals surface area contributed by atoms with Crippen LogP contribution in [-0.2, 0) is 16.1 Å². The summed E-state index contributed by atoms with van der Waals surface area (Å²) in [5.74, 6) is 0.805. The van der Waals surface area contributed by atoms with Crippen LogP contribution in [0.25, 0.3) is 0 Å². The molecule has 0 fully saturated rings. The Bertz CT molecular complexity index is 892. The van der Waals surface area contributed by atoms with E-state index in [2.05, 4.69) is 29.0 Å². The number of nitrogens with zero attached hydrogens (tertiary/aromatic N) is 2. The second-order valence-corrected chi connectivity index (χ2v) is 6.74. The normalized spacial score (nSPS) is 15.9. The summed E-state index contributed by atoms with van der Waals surface area (Å²) in [5, 5.41) is 0. The van der Waals surface area contributed by atoms with Crippen molar-refractivity contribution in [3.05, 3.63) is 90.3 Å². The second kappa shape index (κ2) is 8.76. The van der Waals surface area contributed by atoms with Gasteiger partial charge >= 0.3 is 0 Å². The predicted molar refractivity (Wildman–Crippen MR) is 107 cm³/mol. The van der Waals surface area contributed by atoms with Crippen LogP contribution in [0.4, 0.5) is 0 Å². The summed E-state index contributed by atoms with van der Waals surface area (Å²) in [6.45, 7) is 2.32. The summed E-state index contributed by atoms with van der Waals surface area (Å²) in [6, 6.07) is 23.8. The third-order valence-electron chi connectivity index (χ3n) is 4.94. The molecule has 0 N–H and O–H groups in total. The number of hydrogen-bond acceptors (Lipinski definition) is 3. The standard InChI is InChI=1S/C23H24N2O3/c26-22(18-27-16-17-28-20-10-5-2-6-11-20)25-15-14-24-13-7-12-21(24)23(25)19-8-3-1-4-9-19/h1-13,23H,14-18H2. The molecule has 1 aliphatic heterocycles. The Hall–Kier alpha value is -3.05. The summed E-state index contributed by atoms with van der Waals surface area (Å²) < 4.78 is 13.4. The molecule has 0 spiro atoms. The van der Waals surface area contributed by atoms with Crippen molar-refractivity contribution in [3.8, 4) is 5.75 Å². The van der Waals surface area contributed by atoms with E-state index >= 15 is 0 Å². The van der Waals surface area contributed by atoms with Crippen LogP contribution in [0.3, 0.4) is 0 Å². The van der Waals surface area contributed by atoms with Gasteiger partial charge in [0.1, 0.15) is 19.0 Å². The average molecular weight is 376 g/mol. The number of carbonyl (C=O) groups excluding carboxylic acids is 1. The largest absolute Gasteiger partial charge is 0.491 e. The number of hydrogen-bond donors (Lipinski definition) is 0. The van der Waals surface area contributed by atoms with Crippen molar-refractivity contribution in [2.45, 2.75) is 12.6 Å². The molecule has 1 unspecified atom stereocenters. The van der Waals surface area contributed by atoms with Crippen LogP contribution in [0.1, 0.15) is 17.3 Å². The molecule has 1 amide bonds. The Morgan fingerprint density at radius 3 is 2.43 bits per heavy atom. The molecule has 4 rings (SSSR count). The third-order valence-corrected chi connectivity index (χ3v) is 4.94. The van der Waals surface area contributed by atoms with E-state index in [1.54, 1.807) is 0 Å². The van der Waals surface area contributed by atoms with Crippen molar-refractivity contribution in [1.82, 2.24) is 9.47 Å². The van der Waals surface area contributed by atoms with Crippen LogP contribution < -0.4 is 4.74 Å². The fraction of sp³-hybridized carbons (Fsp3) is 0.261. The van der Waals surface area contributed by atoms with Crippen LogP contribution >= 0.6 is 0 Å². The molecular weight excluding hydrogens is 352 g/mol. The van der Waals surface area contributed by atoms with E-state index in [0.29, 0.717) is 19.8 Å². The Morgan fingerprint density at radius 2 is 1.64 bits per heavy atom. The second-order valence-electron chi connectivity index (χ2n) is 6.74. The van der Waals surface area contributed by atoms with Gasteiger partial charge in [0.2, 0.25) is 5.91 Å². The number of fused-ring (bicyclic) bond motifs is 1. The smallest absolute Gasteiger partial charge is 0.249 e. The average Bonchev–Trinajstić information content (AvgIpc) is 3.23. The van der Waals surface area contributed by atoms with Gasteiger partial charge in [-0.1, -0.05) is 48.5 Å². The van der Waals surface area contributed by atoms with Crippen LogP contribution in [0, 0.1) is 0 Å². The van der Waals surface area contributed by atoms with E-state index in [-0.39, 0.29) is 18.6 Å². The van der Waals surface area contributed by atoms with Gasteiger partial charge in [0.25, 0.3) is 0 Å². The third kappa shape index (κ3) is 4.10. The van der Waals surface area contributed by atoms with E-state index in [4.69, 9.17) is 9.47 Å². The first-order valence-corrected chi connectivity index (χ1v) is 9.58. The molecule has 2 heterocycles. The Morgan fingerprint density at radius 1 is 0.893 bits per heavy atom. The Kier molecular flexibility index (Phi) is 5.73. The van der Waals surface area contributed by atoms with E-state index in [1.807, 2.05) is 59.5 Å². The maximum atomic E-state index is 12.9. The Balaban J connectivity index is 1.36. The molecule has 1 aromatic heterocycles. The van der Waals surface area contributed by atoms with Crippen LogP contribution in [0.15, 0.2) is 79.0 Å². The van der Waals surface area contributed by atoms with Crippen LogP contribution in [0.5, 0.6) is 5.75 Å². The SMILES string of the molecule is O=C(COCCOc1ccccc1)N1CCn2cccc2C1c1ccccc1. The fourth-order valence-corrected chi connectivity index (χ4v) is 3.62.